The number of imide groups is 1. The lowest BCUT2D eigenvalue weighted by Crippen LogP contribution is -2.42. The first-order valence-corrected chi connectivity index (χ1v) is 6.43. The fourth-order valence-electron chi connectivity index (χ4n) is 1.23. The summed E-state index contributed by atoms with van der Waals surface area (Å²) >= 11 is 11.7. The molecule has 0 heterocycles. The van der Waals surface area contributed by atoms with Crippen molar-refractivity contribution in [2.45, 2.75) is 0 Å². The third-order valence-corrected chi connectivity index (χ3v) is 2.71. The van der Waals surface area contributed by atoms with Crippen LogP contribution in [0.3, 0.4) is 0 Å². The minimum atomic E-state index is -0.624. The monoisotopic (exact) mass is 320 g/mol. The average molecular weight is 321 g/mol. The molecule has 0 aliphatic carbocycles. The molecule has 1 rings (SSSR count). The van der Waals surface area contributed by atoms with Gasteiger partial charge in [-0.2, -0.15) is 0 Å². The number of ether oxygens (including phenoxy) is 2. The maximum Gasteiger partial charge on any atom is 0.321 e. The van der Waals surface area contributed by atoms with Crippen LogP contribution in [-0.4, -0.2) is 38.8 Å². The second-order valence-corrected chi connectivity index (χ2v) is 4.45. The number of nitrogens with one attached hydrogen (secondary N) is 2. The molecule has 0 saturated heterocycles. The Bertz CT molecular complexity index is 462. The van der Waals surface area contributed by atoms with E-state index in [4.69, 9.17) is 32.7 Å². The molecule has 0 aliphatic heterocycles. The molecule has 0 spiro atoms. The third kappa shape index (κ3) is 5.64. The number of para-hydroxylation sites is 1. The second kappa shape index (κ2) is 8.63. The van der Waals surface area contributed by atoms with Crippen LogP contribution in [0, 0.1) is 0 Å². The molecule has 6 nitrogen and oxygen atoms in total. The first-order chi connectivity index (χ1) is 9.54. The van der Waals surface area contributed by atoms with E-state index < -0.39 is 11.9 Å². The second-order valence-electron chi connectivity index (χ2n) is 3.64. The van der Waals surface area contributed by atoms with Gasteiger partial charge in [0.25, 0.3) is 5.91 Å². The van der Waals surface area contributed by atoms with Gasteiger partial charge < -0.3 is 14.8 Å². The highest BCUT2D eigenvalue weighted by atomic mass is 35.5. The molecule has 0 fully saturated rings. The van der Waals surface area contributed by atoms with Crippen molar-refractivity contribution >= 4 is 35.1 Å². The predicted octanol–water partition coefficient (Wildman–Crippen LogP) is 1.84. The van der Waals surface area contributed by atoms with Gasteiger partial charge in [-0.05, 0) is 12.1 Å². The van der Waals surface area contributed by atoms with Crippen molar-refractivity contribution in [3.05, 3.63) is 28.2 Å². The number of carbonyl (C=O) groups is 2. The van der Waals surface area contributed by atoms with Crippen LogP contribution in [-0.2, 0) is 9.53 Å². The summed E-state index contributed by atoms with van der Waals surface area (Å²) in [4.78, 5) is 22.7. The number of amides is 3. The van der Waals surface area contributed by atoms with E-state index in [1.165, 1.54) is 7.11 Å². The van der Waals surface area contributed by atoms with E-state index in [1.807, 2.05) is 0 Å². The Labute approximate surface area is 126 Å². The number of urea groups is 1. The van der Waals surface area contributed by atoms with E-state index in [0.29, 0.717) is 13.2 Å². The summed E-state index contributed by atoms with van der Waals surface area (Å²) < 4.78 is 9.92. The van der Waals surface area contributed by atoms with Crippen molar-refractivity contribution in [3.63, 3.8) is 0 Å². The summed E-state index contributed by atoms with van der Waals surface area (Å²) in [5, 5.41) is 5.10. The molecule has 0 aliphatic rings. The summed E-state index contributed by atoms with van der Waals surface area (Å²) in [6.45, 7) is 0.279. The summed E-state index contributed by atoms with van der Waals surface area (Å²) in [6, 6.07) is 4.19. The van der Waals surface area contributed by atoms with Crippen LogP contribution in [0.4, 0.5) is 4.79 Å². The van der Waals surface area contributed by atoms with Gasteiger partial charge in [-0.25, -0.2) is 4.79 Å². The lowest BCUT2D eigenvalue weighted by molar-refractivity contribution is -0.122. The lowest BCUT2D eigenvalue weighted by atomic mass is 10.3. The third-order valence-electron chi connectivity index (χ3n) is 2.11. The van der Waals surface area contributed by atoms with E-state index in [2.05, 4.69) is 10.6 Å². The summed E-state index contributed by atoms with van der Waals surface area (Å²) in [5.41, 5.74) is 0. The van der Waals surface area contributed by atoms with Gasteiger partial charge in [-0.15, -0.1) is 0 Å². The molecular formula is C12H14Cl2N2O4. The van der Waals surface area contributed by atoms with Crippen LogP contribution >= 0.6 is 23.2 Å². The molecule has 0 bridgehead atoms. The standard InChI is InChI=1S/C12H14Cl2N2O4/c1-19-6-5-15-12(18)16-10(17)7-20-11-8(13)3-2-4-9(11)14/h2-4H,5-7H2,1H3,(H2,15,16,17,18). The van der Waals surface area contributed by atoms with Gasteiger partial charge in [0.05, 0.1) is 16.7 Å². The summed E-state index contributed by atoms with van der Waals surface area (Å²) in [6.07, 6.45) is 0. The molecule has 1 aromatic carbocycles. The Morgan fingerprint density at radius 1 is 1.25 bits per heavy atom. The maximum absolute atomic E-state index is 11.5. The highest BCUT2D eigenvalue weighted by Crippen LogP contribution is 2.32. The van der Waals surface area contributed by atoms with Crippen LogP contribution in [0.2, 0.25) is 10.0 Å². The van der Waals surface area contributed by atoms with Crippen LogP contribution in [0.15, 0.2) is 18.2 Å². The normalized spacial score (nSPS) is 9.95. The first kappa shape index (κ1) is 16.6. The topological polar surface area (TPSA) is 76.7 Å². The Morgan fingerprint density at radius 3 is 2.50 bits per heavy atom. The van der Waals surface area contributed by atoms with Crippen molar-refractivity contribution in [2.75, 3.05) is 26.9 Å². The van der Waals surface area contributed by atoms with Gasteiger partial charge in [0.15, 0.2) is 12.4 Å². The van der Waals surface area contributed by atoms with Crippen molar-refractivity contribution in [1.82, 2.24) is 10.6 Å². The molecule has 20 heavy (non-hydrogen) atoms. The van der Waals surface area contributed by atoms with E-state index in [1.54, 1.807) is 18.2 Å². The number of carbonyl (C=O) groups excluding carboxylic acids is 2. The molecule has 110 valence electrons. The van der Waals surface area contributed by atoms with Gasteiger partial charge in [-0.3, -0.25) is 10.1 Å². The number of rotatable bonds is 6. The smallest absolute Gasteiger partial charge is 0.321 e. The Hall–Kier alpha value is -1.50. The lowest BCUT2D eigenvalue weighted by Gasteiger charge is -2.10. The van der Waals surface area contributed by atoms with E-state index in [9.17, 15) is 9.59 Å². The average Bonchev–Trinajstić information content (AvgIpc) is 2.38. The Balaban J connectivity index is 2.38. The quantitative estimate of drug-likeness (QED) is 0.784. The zero-order valence-corrected chi connectivity index (χ0v) is 12.3. The molecular weight excluding hydrogens is 307 g/mol. The highest BCUT2D eigenvalue weighted by molar-refractivity contribution is 6.37. The van der Waals surface area contributed by atoms with Gasteiger partial charge >= 0.3 is 6.03 Å². The number of halogens is 2. The van der Waals surface area contributed by atoms with E-state index >= 15 is 0 Å². The van der Waals surface area contributed by atoms with Crippen LogP contribution in [0.5, 0.6) is 5.75 Å². The molecule has 3 amide bonds. The zero-order valence-electron chi connectivity index (χ0n) is 10.7. The molecule has 2 N–H and O–H groups in total. The molecule has 8 heteroatoms. The largest absolute Gasteiger partial charge is 0.481 e. The summed E-state index contributed by atoms with van der Waals surface area (Å²) in [5.74, 6) is -0.415. The van der Waals surface area contributed by atoms with Crippen molar-refractivity contribution in [3.8, 4) is 5.75 Å². The van der Waals surface area contributed by atoms with Gasteiger partial charge in [0, 0.05) is 13.7 Å². The number of benzene rings is 1. The van der Waals surface area contributed by atoms with E-state index in [-0.39, 0.29) is 22.4 Å². The highest BCUT2D eigenvalue weighted by Gasteiger charge is 2.11. The van der Waals surface area contributed by atoms with Crippen LogP contribution in [0.25, 0.3) is 0 Å². The minimum Gasteiger partial charge on any atom is -0.481 e. The molecule has 0 atom stereocenters. The number of methoxy groups -OCH3 is 1. The molecule has 1 aromatic rings. The predicted molar refractivity (Wildman–Crippen MR) is 75.4 cm³/mol. The van der Waals surface area contributed by atoms with Crippen LogP contribution < -0.4 is 15.4 Å². The molecule has 0 aromatic heterocycles. The summed E-state index contributed by atoms with van der Waals surface area (Å²) in [7, 11) is 1.51. The Kier molecular flexibility index (Phi) is 7.14. The van der Waals surface area contributed by atoms with Crippen molar-refractivity contribution in [1.29, 1.82) is 0 Å². The Morgan fingerprint density at radius 2 is 1.90 bits per heavy atom. The van der Waals surface area contributed by atoms with Crippen molar-refractivity contribution < 1.29 is 19.1 Å². The fraction of sp³-hybridized carbons (Fsp3) is 0.333. The van der Waals surface area contributed by atoms with Gasteiger partial charge in [-0.1, -0.05) is 29.3 Å². The minimum absolute atomic E-state index is 0.200. The molecule has 0 saturated carbocycles. The van der Waals surface area contributed by atoms with Gasteiger partial charge in [0.2, 0.25) is 0 Å². The maximum atomic E-state index is 11.5. The first-order valence-electron chi connectivity index (χ1n) is 5.68. The number of hydrogen-bond acceptors (Lipinski definition) is 4. The molecule has 0 radical (unpaired) electrons. The van der Waals surface area contributed by atoms with Gasteiger partial charge in [0.1, 0.15) is 0 Å². The van der Waals surface area contributed by atoms with Crippen LogP contribution in [0.1, 0.15) is 0 Å². The van der Waals surface area contributed by atoms with Crippen molar-refractivity contribution in [2.24, 2.45) is 0 Å². The number of hydrogen-bond donors (Lipinski definition) is 2. The SMILES string of the molecule is COCCNC(=O)NC(=O)COc1c(Cl)cccc1Cl. The fourth-order valence-corrected chi connectivity index (χ4v) is 1.74. The van der Waals surface area contributed by atoms with E-state index in [0.717, 1.165) is 0 Å². The zero-order chi connectivity index (χ0) is 15.0. The molecule has 0 unspecified atom stereocenters.